The molecule has 2 heterocycles. The van der Waals surface area contributed by atoms with Crippen molar-refractivity contribution >= 4 is 40.3 Å². The van der Waals surface area contributed by atoms with E-state index in [0.717, 1.165) is 34.7 Å². The number of amides is 1. The van der Waals surface area contributed by atoms with Gasteiger partial charge in [-0.15, -0.1) is 0 Å². The molecule has 0 spiro atoms. The summed E-state index contributed by atoms with van der Waals surface area (Å²) in [4.78, 5) is 15.1. The Morgan fingerprint density at radius 1 is 1.13 bits per heavy atom. The number of nitrogens with zero attached hydrogens (tertiary/aromatic N) is 3. The first kappa shape index (κ1) is 20.4. The van der Waals surface area contributed by atoms with E-state index in [0.29, 0.717) is 15.8 Å². The highest BCUT2D eigenvalue weighted by molar-refractivity contribution is 8.26. The van der Waals surface area contributed by atoms with Crippen LogP contribution in [-0.2, 0) is 4.79 Å². The minimum Gasteiger partial charge on any atom is -0.497 e. The van der Waals surface area contributed by atoms with Gasteiger partial charge in [0, 0.05) is 23.9 Å². The predicted molar refractivity (Wildman–Crippen MR) is 126 cm³/mol. The Balaban J connectivity index is 1.78. The number of carbonyl (C=O) groups is 1. The second-order valence-electron chi connectivity index (χ2n) is 6.78. The molecule has 30 heavy (non-hydrogen) atoms. The molecule has 1 amide bonds. The topological polar surface area (TPSA) is 47.4 Å². The molecule has 1 aliphatic rings. The van der Waals surface area contributed by atoms with Crippen LogP contribution in [0.2, 0.25) is 0 Å². The van der Waals surface area contributed by atoms with Gasteiger partial charge in [0.05, 0.1) is 23.4 Å². The van der Waals surface area contributed by atoms with Crippen LogP contribution in [0.15, 0.2) is 65.7 Å². The summed E-state index contributed by atoms with van der Waals surface area (Å²) in [5.41, 5.74) is 3.55. The van der Waals surface area contributed by atoms with E-state index in [9.17, 15) is 4.79 Å². The van der Waals surface area contributed by atoms with Gasteiger partial charge in [0.1, 0.15) is 10.1 Å². The molecule has 1 fully saturated rings. The average molecular weight is 436 g/mol. The number of thiocarbonyl (C=S) groups is 1. The van der Waals surface area contributed by atoms with Crippen LogP contribution in [0.4, 0.5) is 0 Å². The molecule has 2 aromatic carbocycles. The van der Waals surface area contributed by atoms with E-state index in [2.05, 4.69) is 0 Å². The Hall–Kier alpha value is -2.90. The molecule has 0 saturated carbocycles. The summed E-state index contributed by atoms with van der Waals surface area (Å²) >= 11 is 6.75. The van der Waals surface area contributed by atoms with Crippen LogP contribution in [0, 0.1) is 0 Å². The average Bonchev–Trinajstić information content (AvgIpc) is 3.31. The van der Waals surface area contributed by atoms with Crippen LogP contribution in [0.1, 0.15) is 18.9 Å². The smallest absolute Gasteiger partial charge is 0.266 e. The van der Waals surface area contributed by atoms with Gasteiger partial charge in [-0.1, -0.05) is 49.1 Å². The van der Waals surface area contributed by atoms with Gasteiger partial charge in [-0.3, -0.25) is 9.69 Å². The SMILES string of the molecule is CCCN1C(=O)/C(=C\c2cn(-c3ccccc3)nc2-c2ccc(OC)cc2)SC1=S. The molecule has 3 aromatic rings. The Bertz CT molecular complexity index is 1110. The first-order valence-electron chi connectivity index (χ1n) is 9.65. The number of rotatable bonds is 6. The maximum absolute atomic E-state index is 12.8. The molecule has 4 rings (SSSR count). The molecule has 5 nitrogen and oxygen atoms in total. The number of para-hydroxylation sites is 1. The molecular formula is C23H21N3O2S2. The number of methoxy groups -OCH3 is 1. The summed E-state index contributed by atoms with van der Waals surface area (Å²) in [7, 11) is 1.64. The Morgan fingerprint density at radius 2 is 1.87 bits per heavy atom. The van der Waals surface area contributed by atoms with Gasteiger partial charge < -0.3 is 4.74 Å². The van der Waals surface area contributed by atoms with Crippen molar-refractivity contribution < 1.29 is 9.53 Å². The van der Waals surface area contributed by atoms with Crippen LogP contribution in [0.25, 0.3) is 23.0 Å². The van der Waals surface area contributed by atoms with Crippen molar-refractivity contribution in [3.63, 3.8) is 0 Å². The van der Waals surface area contributed by atoms with Crippen molar-refractivity contribution in [1.29, 1.82) is 0 Å². The third kappa shape index (κ3) is 4.04. The lowest BCUT2D eigenvalue weighted by Crippen LogP contribution is -2.28. The van der Waals surface area contributed by atoms with Crippen molar-refractivity contribution in [2.24, 2.45) is 0 Å². The predicted octanol–water partition coefficient (Wildman–Crippen LogP) is 5.16. The zero-order valence-electron chi connectivity index (χ0n) is 16.7. The Morgan fingerprint density at radius 3 is 2.53 bits per heavy atom. The van der Waals surface area contributed by atoms with Gasteiger partial charge in [-0.05, 0) is 48.9 Å². The molecule has 0 aliphatic carbocycles. The van der Waals surface area contributed by atoms with Crippen molar-refractivity contribution in [3.05, 3.63) is 71.3 Å². The lowest BCUT2D eigenvalue weighted by atomic mass is 10.1. The molecule has 0 N–H and O–H groups in total. The Labute approximate surface area is 185 Å². The maximum Gasteiger partial charge on any atom is 0.266 e. The summed E-state index contributed by atoms with van der Waals surface area (Å²) < 4.78 is 7.71. The molecular weight excluding hydrogens is 414 g/mol. The van der Waals surface area contributed by atoms with Gasteiger partial charge in [0.15, 0.2) is 0 Å². The monoisotopic (exact) mass is 435 g/mol. The van der Waals surface area contributed by atoms with Gasteiger partial charge in [-0.2, -0.15) is 5.10 Å². The molecule has 1 aliphatic heterocycles. The molecule has 0 atom stereocenters. The largest absolute Gasteiger partial charge is 0.497 e. The number of hydrogen-bond acceptors (Lipinski definition) is 5. The van der Waals surface area contributed by atoms with Crippen molar-refractivity contribution in [1.82, 2.24) is 14.7 Å². The van der Waals surface area contributed by atoms with Crippen molar-refractivity contribution in [2.75, 3.05) is 13.7 Å². The van der Waals surface area contributed by atoms with Crippen LogP contribution < -0.4 is 4.74 Å². The summed E-state index contributed by atoms with van der Waals surface area (Å²) in [6.07, 6.45) is 4.70. The van der Waals surface area contributed by atoms with Gasteiger partial charge in [0.25, 0.3) is 5.91 Å². The molecule has 7 heteroatoms. The lowest BCUT2D eigenvalue weighted by Gasteiger charge is -2.11. The summed E-state index contributed by atoms with van der Waals surface area (Å²) in [5, 5.41) is 4.81. The zero-order valence-corrected chi connectivity index (χ0v) is 18.4. The highest BCUT2D eigenvalue weighted by atomic mass is 32.2. The van der Waals surface area contributed by atoms with Crippen LogP contribution in [-0.4, -0.2) is 38.6 Å². The van der Waals surface area contributed by atoms with E-state index in [4.69, 9.17) is 22.1 Å². The molecule has 1 saturated heterocycles. The van der Waals surface area contributed by atoms with E-state index in [1.807, 2.05) is 78.5 Å². The lowest BCUT2D eigenvalue weighted by molar-refractivity contribution is -0.122. The summed E-state index contributed by atoms with van der Waals surface area (Å²) in [6, 6.07) is 17.6. The standard InChI is InChI=1S/C23H21N3O2S2/c1-3-13-25-22(27)20(30-23(25)29)14-17-15-26(18-7-5-4-6-8-18)24-21(17)16-9-11-19(28-2)12-10-16/h4-12,14-15H,3,13H2,1-2H3/b20-14+. The number of hydrogen-bond donors (Lipinski definition) is 0. The van der Waals surface area contributed by atoms with Crippen molar-refractivity contribution in [2.45, 2.75) is 13.3 Å². The Kier molecular flexibility index (Phi) is 6.01. The second-order valence-corrected chi connectivity index (χ2v) is 8.45. The third-order valence-corrected chi connectivity index (χ3v) is 6.11. The van der Waals surface area contributed by atoms with Crippen LogP contribution in [0.5, 0.6) is 5.75 Å². The number of thioether (sulfide) groups is 1. The van der Waals surface area contributed by atoms with Crippen LogP contribution in [0.3, 0.4) is 0 Å². The van der Waals surface area contributed by atoms with E-state index >= 15 is 0 Å². The maximum atomic E-state index is 12.8. The van der Waals surface area contributed by atoms with E-state index in [1.54, 1.807) is 12.0 Å². The fourth-order valence-electron chi connectivity index (χ4n) is 3.24. The summed E-state index contributed by atoms with van der Waals surface area (Å²) in [6.45, 7) is 2.67. The number of benzene rings is 2. The van der Waals surface area contributed by atoms with Gasteiger partial charge in [-0.25, -0.2) is 4.68 Å². The fraction of sp³-hybridized carbons (Fsp3) is 0.174. The van der Waals surface area contributed by atoms with Gasteiger partial charge in [0.2, 0.25) is 0 Å². The van der Waals surface area contributed by atoms with E-state index < -0.39 is 0 Å². The molecule has 0 bridgehead atoms. The normalized spacial score (nSPS) is 15.3. The van der Waals surface area contributed by atoms with Crippen LogP contribution >= 0.6 is 24.0 Å². The molecule has 1 aromatic heterocycles. The van der Waals surface area contributed by atoms with Gasteiger partial charge >= 0.3 is 0 Å². The van der Waals surface area contributed by atoms with Crippen molar-refractivity contribution in [3.8, 4) is 22.7 Å². The molecule has 0 radical (unpaired) electrons. The first-order valence-corrected chi connectivity index (χ1v) is 10.9. The quantitative estimate of drug-likeness (QED) is 0.395. The summed E-state index contributed by atoms with van der Waals surface area (Å²) in [5.74, 6) is 0.739. The van der Waals surface area contributed by atoms with E-state index in [-0.39, 0.29) is 5.91 Å². The fourth-order valence-corrected chi connectivity index (χ4v) is 4.54. The first-order chi connectivity index (χ1) is 14.6. The highest BCUT2D eigenvalue weighted by Crippen LogP contribution is 2.35. The number of ether oxygens (including phenoxy) is 1. The number of carbonyl (C=O) groups excluding carboxylic acids is 1. The second kappa shape index (κ2) is 8.85. The highest BCUT2D eigenvalue weighted by Gasteiger charge is 2.31. The third-order valence-electron chi connectivity index (χ3n) is 4.73. The number of aromatic nitrogens is 2. The molecule has 152 valence electrons. The minimum absolute atomic E-state index is 0.0417. The van der Waals surface area contributed by atoms with E-state index in [1.165, 1.54) is 11.8 Å². The molecule has 0 unspecified atom stereocenters. The minimum atomic E-state index is -0.0417. The zero-order chi connectivity index (χ0) is 21.1.